The molecule has 3 N–H and O–H groups in total. The number of hydrogen-bond donors (Lipinski definition) is 3. The number of rotatable bonds is 3. The first-order valence-electron chi connectivity index (χ1n) is 8.81. The highest BCUT2D eigenvalue weighted by Crippen LogP contribution is 2.33. The summed E-state index contributed by atoms with van der Waals surface area (Å²) in [5.74, 6) is 0.373. The first-order chi connectivity index (χ1) is 13.1. The van der Waals surface area contributed by atoms with E-state index >= 15 is 0 Å². The number of aromatic amines is 1. The molecule has 8 nitrogen and oxygen atoms in total. The lowest BCUT2D eigenvalue weighted by molar-refractivity contribution is 0.0737. The van der Waals surface area contributed by atoms with Crippen molar-refractivity contribution in [2.24, 2.45) is 0 Å². The number of ether oxygens (including phenoxy) is 1. The molecule has 1 saturated heterocycles. The molecular weight excluding hydrogens is 346 g/mol. The number of fused-ring (bicyclic) bond motifs is 1. The second kappa shape index (κ2) is 6.88. The van der Waals surface area contributed by atoms with E-state index in [1.165, 1.54) is 7.11 Å². The highest BCUT2D eigenvalue weighted by Gasteiger charge is 2.23. The highest BCUT2D eigenvalue weighted by molar-refractivity contribution is 6.07. The lowest BCUT2D eigenvalue weighted by Gasteiger charge is -2.27. The van der Waals surface area contributed by atoms with Crippen molar-refractivity contribution in [2.45, 2.75) is 6.92 Å². The summed E-state index contributed by atoms with van der Waals surface area (Å²) in [6.07, 6.45) is 0. The molecule has 140 valence electrons. The maximum absolute atomic E-state index is 13.2. The van der Waals surface area contributed by atoms with Crippen LogP contribution in [-0.4, -0.2) is 64.4 Å². The van der Waals surface area contributed by atoms with Gasteiger partial charge in [-0.3, -0.25) is 9.89 Å². The Morgan fingerprint density at radius 1 is 1.26 bits per heavy atom. The van der Waals surface area contributed by atoms with E-state index in [1.54, 1.807) is 24.3 Å². The van der Waals surface area contributed by atoms with Crippen molar-refractivity contribution >= 4 is 16.9 Å². The molecule has 1 amide bonds. The minimum absolute atomic E-state index is 0.0274. The molecule has 0 unspecified atom stereocenters. The topological polar surface area (TPSA) is 103 Å². The van der Waals surface area contributed by atoms with Gasteiger partial charge >= 0.3 is 0 Å². The Bertz CT molecular complexity index is 1010. The van der Waals surface area contributed by atoms with Crippen molar-refractivity contribution in [1.29, 1.82) is 0 Å². The van der Waals surface area contributed by atoms with E-state index in [4.69, 9.17) is 4.74 Å². The van der Waals surface area contributed by atoms with E-state index < -0.39 is 0 Å². The van der Waals surface area contributed by atoms with Gasteiger partial charge in [-0.1, -0.05) is 0 Å². The van der Waals surface area contributed by atoms with Gasteiger partial charge in [-0.05, 0) is 31.2 Å². The fourth-order valence-electron chi connectivity index (χ4n) is 3.37. The fraction of sp³-hybridized carbons (Fsp3) is 0.316. The summed E-state index contributed by atoms with van der Waals surface area (Å²) < 4.78 is 5.19. The van der Waals surface area contributed by atoms with E-state index in [0.29, 0.717) is 35.7 Å². The summed E-state index contributed by atoms with van der Waals surface area (Å²) >= 11 is 0. The highest BCUT2D eigenvalue weighted by atomic mass is 16.5. The number of benzene rings is 1. The number of phenolic OH excluding ortho intramolecular Hbond substituents is 1. The molecule has 0 spiro atoms. The molecule has 2 aromatic heterocycles. The molecular formula is C19H21N5O3. The molecule has 1 aromatic carbocycles. The van der Waals surface area contributed by atoms with Crippen LogP contribution >= 0.6 is 0 Å². The lowest BCUT2D eigenvalue weighted by atomic mass is 10.0. The summed E-state index contributed by atoms with van der Waals surface area (Å²) in [7, 11) is 1.49. The van der Waals surface area contributed by atoms with Gasteiger partial charge in [0, 0.05) is 37.4 Å². The number of amides is 1. The van der Waals surface area contributed by atoms with Gasteiger partial charge in [0.05, 0.1) is 23.8 Å². The van der Waals surface area contributed by atoms with Crippen molar-refractivity contribution < 1.29 is 14.6 Å². The predicted octanol–water partition coefficient (Wildman–Crippen LogP) is 1.69. The molecule has 27 heavy (non-hydrogen) atoms. The van der Waals surface area contributed by atoms with Gasteiger partial charge in [0.15, 0.2) is 17.1 Å². The van der Waals surface area contributed by atoms with E-state index in [-0.39, 0.29) is 11.7 Å². The zero-order chi connectivity index (χ0) is 19.0. The molecule has 8 heteroatoms. The number of methoxy groups -OCH3 is 1. The molecule has 0 atom stereocenters. The van der Waals surface area contributed by atoms with E-state index in [0.717, 1.165) is 29.7 Å². The molecule has 0 aliphatic carbocycles. The number of aromatic nitrogens is 3. The zero-order valence-corrected chi connectivity index (χ0v) is 15.2. The Morgan fingerprint density at radius 3 is 2.78 bits per heavy atom. The van der Waals surface area contributed by atoms with Crippen molar-refractivity contribution in [3.63, 3.8) is 0 Å². The van der Waals surface area contributed by atoms with Crippen LogP contribution in [0, 0.1) is 6.92 Å². The third kappa shape index (κ3) is 3.08. The second-order valence-electron chi connectivity index (χ2n) is 6.53. The number of H-pyrrole nitrogens is 1. The van der Waals surface area contributed by atoms with Gasteiger partial charge in [0.2, 0.25) is 0 Å². The van der Waals surface area contributed by atoms with Crippen LogP contribution in [0.2, 0.25) is 0 Å². The monoisotopic (exact) mass is 367 g/mol. The number of aryl methyl sites for hydroxylation is 1. The van der Waals surface area contributed by atoms with Crippen LogP contribution in [0.5, 0.6) is 11.5 Å². The molecule has 0 bridgehead atoms. The van der Waals surface area contributed by atoms with Crippen LogP contribution in [0.25, 0.3) is 22.3 Å². The van der Waals surface area contributed by atoms with Crippen LogP contribution in [0.1, 0.15) is 16.1 Å². The van der Waals surface area contributed by atoms with Gasteiger partial charge in [-0.2, -0.15) is 5.10 Å². The first kappa shape index (κ1) is 17.3. The third-order valence-corrected chi connectivity index (χ3v) is 4.81. The van der Waals surface area contributed by atoms with Crippen molar-refractivity contribution in [2.75, 3.05) is 33.3 Å². The SMILES string of the molecule is COc1cc(-c2cc(C(=O)N3CCNCC3)c3c(C)[nH]nc3n2)ccc1O. The number of phenols is 1. The standard InChI is InChI=1S/C19H21N5O3/c1-11-17-13(19(26)24-7-5-20-6-8-24)10-14(21-18(17)23-22-11)12-3-4-15(25)16(9-12)27-2/h3-4,9-10,20,25H,5-8H2,1-2H3,(H,21,22,23). The number of piperazine rings is 1. The van der Waals surface area contributed by atoms with E-state index in [2.05, 4.69) is 20.5 Å². The number of carbonyl (C=O) groups is 1. The molecule has 3 heterocycles. The minimum atomic E-state index is -0.0274. The molecule has 1 fully saturated rings. The van der Waals surface area contributed by atoms with Crippen LogP contribution < -0.4 is 10.1 Å². The Hall–Kier alpha value is -3.13. The van der Waals surface area contributed by atoms with Crippen LogP contribution in [-0.2, 0) is 0 Å². The van der Waals surface area contributed by atoms with Crippen molar-refractivity contribution in [1.82, 2.24) is 25.4 Å². The molecule has 1 aliphatic heterocycles. The van der Waals surface area contributed by atoms with E-state index in [9.17, 15) is 9.90 Å². The zero-order valence-electron chi connectivity index (χ0n) is 15.2. The van der Waals surface area contributed by atoms with Gasteiger partial charge < -0.3 is 20.1 Å². The smallest absolute Gasteiger partial charge is 0.254 e. The van der Waals surface area contributed by atoms with Gasteiger partial charge in [0.1, 0.15) is 0 Å². The number of hydrogen-bond acceptors (Lipinski definition) is 6. The average Bonchev–Trinajstić information content (AvgIpc) is 3.08. The number of carbonyl (C=O) groups excluding carboxylic acids is 1. The summed E-state index contributed by atoms with van der Waals surface area (Å²) in [6.45, 7) is 4.79. The predicted molar refractivity (Wildman–Crippen MR) is 101 cm³/mol. The van der Waals surface area contributed by atoms with Gasteiger partial charge in [-0.25, -0.2) is 4.98 Å². The maximum Gasteiger partial charge on any atom is 0.254 e. The van der Waals surface area contributed by atoms with Crippen LogP contribution in [0.4, 0.5) is 0 Å². The summed E-state index contributed by atoms with van der Waals surface area (Å²) in [4.78, 5) is 19.6. The summed E-state index contributed by atoms with van der Waals surface area (Å²) in [5.41, 5.74) is 3.23. The number of pyridine rings is 1. The second-order valence-corrected chi connectivity index (χ2v) is 6.53. The van der Waals surface area contributed by atoms with Crippen LogP contribution in [0.15, 0.2) is 24.3 Å². The molecule has 0 radical (unpaired) electrons. The van der Waals surface area contributed by atoms with Gasteiger partial charge in [-0.15, -0.1) is 0 Å². The molecule has 4 rings (SSSR count). The Balaban J connectivity index is 1.85. The molecule has 3 aromatic rings. The Labute approximate surface area is 156 Å². The average molecular weight is 367 g/mol. The summed E-state index contributed by atoms with van der Waals surface area (Å²) in [5, 5.41) is 21.0. The largest absolute Gasteiger partial charge is 0.504 e. The minimum Gasteiger partial charge on any atom is -0.504 e. The number of nitrogens with one attached hydrogen (secondary N) is 2. The summed E-state index contributed by atoms with van der Waals surface area (Å²) in [6, 6.07) is 6.78. The van der Waals surface area contributed by atoms with Crippen molar-refractivity contribution in [3.05, 3.63) is 35.5 Å². The lowest BCUT2D eigenvalue weighted by Crippen LogP contribution is -2.46. The third-order valence-electron chi connectivity index (χ3n) is 4.81. The number of nitrogens with zero attached hydrogens (tertiary/aromatic N) is 3. The Morgan fingerprint density at radius 2 is 2.04 bits per heavy atom. The molecule has 0 saturated carbocycles. The van der Waals surface area contributed by atoms with E-state index in [1.807, 2.05) is 11.8 Å². The Kier molecular flexibility index (Phi) is 4.41. The number of aromatic hydroxyl groups is 1. The quantitative estimate of drug-likeness (QED) is 0.651. The first-order valence-corrected chi connectivity index (χ1v) is 8.81. The maximum atomic E-state index is 13.2. The van der Waals surface area contributed by atoms with Crippen molar-refractivity contribution in [3.8, 4) is 22.8 Å². The molecule has 1 aliphatic rings. The van der Waals surface area contributed by atoms with Crippen LogP contribution in [0.3, 0.4) is 0 Å². The fourth-order valence-corrected chi connectivity index (χ4v) is 3.37. The van der Waals surface area contributed by atoms with Gasteiger partial charge in [0.25, 0.3) is 5.91 Å². The normalized spacial score (nSPS) is 14.5.